The standard InChI is InChI=1S/C12H7BrF3NO2S/c13-8-3-7(12(16)17-5-8)6-20(18,19)11-2-1-9(14)4-10(11)15/h1-5H,6H2. The van der Waals surface area contributed by atoms with Gasteiger partial charge in [0.2, 0.25) is 5.95 Å². The number of benzene rings is 1. The highest BCUT2D eigenvalue weighted by Gasteiger charge is 2.22. The lowest BCUT2D eigenvalue weighted by Crippen LogP contribution is -2.09. The van der Waals surface area contributed by atoms with E-state index in [1.165, 1.54) is 12.3 Å². The summed E-state index contributed by atoms with van der Waals surface area (Å²) in [6.07, 6.45) is 1.17. The average molecular weight is 366 g/mol. The minimum atomic E-state index is -4.14. The lowest BCUT2D eigenvalue weighted by molar-refractivity contribution is 0.544. The molecule has 0 spiro atoms. The zero-order chi connectivity index (χ0) is 14.9. The highest BCUT2D eigenvalue weighted by Crippen LogP contribution is 2.22. The minimum Gasteiger partial charge on any atom is -0.227 e. The Hall–Kier alpha value is -1.41. The van der Waals surface area contributed by atoms with Gasteiger partial charge in [-0.1, -0.05) is 0 Å². The molecule has 2 rings (SSSR count). The number of pyridine rings is 1. The third kappa shape index (κ3) is 3.18. The van der Waals surface area contributed by atoms with E-state index in [1.54, 1.807) is 0 Å². The fraction of sp³-hybridized carbons (Fsp3) is 0.0833. The monoisotopic (exact) mass is 365 g/mol. The molecule has 0 aliphatic heterocycles. The molecule has 0 N–H and O–H groups in total. The number of halogens is 4. The maximum absolute atomic E-state index is 13.5. The summed E-state index contributed by atoms with van der Waals surface area (Å²) in [4.78, 5) is 2.68. The quantitative estimate of drug-likeness (QED) is 0.619. The maximum Gasteiger partial charge on any atom is 0.217 e. The first-order valence-electron chi connectivity index (χ1n) is 5.27. The fourth-order valence-corrected chi connectivity index (χ4v) is 3.35. The van der Waals surface area contributed by atoms with Crippen LogP contribution in [0.15, 0.2) is 39.8 Å². The smallest absolute Gasteiger partial charge is 0.217 e. The summed E-state index contributed by atoms with van der Waals surface area (Å²) in [5, 5.41) is 0. The van der Waals surface area contributed by atoms with Crippen molar-refractivity contribution in [2.24, 2.45) is 0 Å². The van der Waals surface area contributed by atoms with E-state index in [2.05, 4.69) is 20.9 Å². The first-order valence-corrected chi connectivity index (χ1v) is 7.72. The van der Waals surface area contributed by atoms with Crippen molar-refractivity contribution < 1.29 is 21.6 Å². The van der Waals surface area contributed by atoms with Crippen molar-refractivity contribution in [2.45, 2.75) is 10.6 Å². The van der Waals surface area contributed by atoms with E-state index < -0.39 is 38.1 Å². The van der Waals surface area contributed by atoms with Crippen LogP contribution >= 0.6 is 15.9 Å². The van der Waals surface area contributed by atoms with Crippen molar-refractivity contribution in [2.75, 3.05) is 0 Å². The van der Waals surface area contributed by atoms with Gasteiger partial charge in [-0.05, 0) is 34.1 Å². The highest BCUT2D eigenvalue weighted by atomic mass is 79.9. The summed E-state index contributed by atoms with van der Waals surface area (Å²) < 4.78 is 64.1. The lowest BCUT2D eigenvalue weighted by atomic mass is 10.3. The number of hydrogen-bond donors (Lipinski definition) is 0. The third-order valence-corrected chi connectivity index (χ3v) is 4.58. The second kappa shape index (κ2) is 5.53. The van der Waals surface area contributed by atoms with Crippen LogP contribution in [0.5, 0.6) is 0 Å². The number of nitrogens with zero attached hydrogens (tertiary/aromatic N) is 1. The van der Waals surface area contributed by atoms with Gasteiger partial charge < -0.3 is 0 Å². The van der Waals surface area contributed by atoms with Crippen LogP contribution < -0.4 is 0 Å². The van der Waals surface area contributed by atoms with Gasteiger partial charge in [0, 0.05) is 22.3 Å². The van der Waals surface area contributed by atoms with Crippen LogP contribution in [-0.4, -0.2) is 13.4 Å². The van der Waals surface area contributed by atoms with Crippen molar-refractivity contribution in [1.82, 2.24) is 4.98 Å². The van der Waals surface area contributed by atoms with Crippen LogP contribution in [0.3, 0.4) is 0 Å². The normalized spacial score (nSPS) is 11.6. The van der Waals surface area contributed by atoms with Crippen molar-refractivity contribution in [3.63, 3.8) is 0 Å². The van der Waals surface area contributed by atoms with Gasteiger partial charge in [-0.3, -0.25) is 0 Å². The molecular weight excluding hydrogens is 359 g/mol. The summed E-state index contributed by atoms with van der Waals surface area (Å²) in [5.74, 6) is -3.84. The van der Waals surface area contributed by atoms with E-state index in [0.29, 0.717) is 10.5 Å². The molecule has 1 heterocycles. The van der Waals surface area contributed by atoms with Gasteiger partial charge >= 0.3 is 0 Å². The molecule has 20 heavy (non-hydrogen) atoms. The summed E-state index contributed by atoms with van der Waals surface area (Å²) in [6, 6.07) is 3.33. The Labute approximate surface area is 121 Å². The van der Waals surface area contributed by atoms with E-state index in [-0.39, 0.29) is 5.56 Å². The average Bonchev–Trinajstić information content (AvgIpc) is 2.33. The molecule has 1 aromatic heterocycles. The zero-order valence-electron chi connectivity index (χ0n) is 9.78. The van der Waals surface area contributed by atoms with Gasteiger partial charge in [-0.25, -0.2) is 22.2 Å². The summed E-state index contributed by atoms with van der Waals surface area (Å²) in [5.41, 5.74) is -0.205. The Balaban J connectivity index is 2.43. The van der Waals surface area contributed by atoms with Crippen LogP contribution in [0.4, 0.5) is 13.2 Å². The molecule has 1 aromatic carbocycles. The largest absolute Gasteiger partial charge is 0.227 e. The summed E-state index contributed by atoms with van der Waals surface area (Å²) in [6.45, 7) is 0. The van der Waals surface area contributed by atoms with Gasteiger partial charge in [0.05, 0.1) is 5.75 Å². The highest BCUT2D eigenvalue weighted by molar-refractivity contribution is 9.10. The minimum absolute atomic E-state index is 0.205. The molecular formula is C12H7BrF3NO2S. The zero-order valence-corrected chi connectivity index (χ0v) is 12.2. The summed E-state index contributed by atoms with van der Waals surface area (Å²) in [7, 11) is -4.14. The van der Waals surface area contributed by atoms with Gasteiger partial charge in [-0.2, -0.15) is 4.39 Å². The molecule has 0 aliphatic rings. The van der Waals surface area contributed by atoms with Crippen molar-refractivity contribution in [3.8, 4) is 0 Å². The molecule has 8 heteroatoms. The number of hydrogen-bond acceptors (Lipinski definition) is 3. The Morgan fingerprint density at radius 1 is 1.15 bits per heavy atom. The molecule has 0 bridgehead atoms. The molecule has 2 aromatic rings. The molecule has 0 saturated heterocycles. The SMILES string of the molecule is O=S(=O)(Cc1cc(Br)cnc1F)c1ccc(F)cc1F. The molecule has 0 unspecified atom stereocenters. The van der Waals surface area contributed by atoms with E-state index >= 15 is 0 Å². The molecule has 3 nitrogen and oxygen atoms in total. The molecule has 106 valence electrons. The topological polar surface area (TPSA) is 47.0 Å². The predicted molar refractivity (Wildman–Crippen MR) is 69.1 cm³/mol. The predicted octanol–water partition coefficient (Wildman–Crippen LogP) is 3.24. The first kappa shape index (κ1) is 15.0. The van der Waals surface area contributed by atoms with Gasteiger partial charge in [-0.15, -0.1) is 0 Å². The van der Waals surface area contributed by atoms with Crippen LogP contribution in [0.2, 0.25) is 0 Å². The van der Waals surface area contributed by atoms with E-state index in [9.17, 15) is 21.6 Å². The maximum atomic E-state index is 13.5. The number of rotatable bonds is 3. The van der Waals surface area contributed by atoms with Crippen LogP contribution in [0, 0.1) is 17.6 Å². The van der Waals surface area contributed by atoms with E-state index in [1.807, 2.05) is 0 Å². The van der Waals surface area contributed by atoms with Crippen LogP contribution in [-0.2, 0) is 15.6 Å². The first-order chi connectivity index (χ1) is 9.29. The number of aromatic nitrogens is 1. The van der Waals surface area contributed by atoms with Gasteiger partial charge in [0.1, 0.15) is 16.5 Å². The van der Waals surface area contributed by atoms with E-state index in [4.69, 9.17) is 0 Å². The van der Waals surface area contributed by atoms with Crippen molar-refractivity contribution >= 4 is 25.8 Å². The van der Waals surface area contributed by atoms with Crippen molar-refractivity contribution in [3.05, 3.63) is 58.1 Å². The Morgan fingerprint density at radius 3 is 2.50 bits per heavy atom. The van der Waals surface area contributed by atoms with Crippen LogP contribution in [0.25, 0.3) is 0 Å². The molecule has 0 fully saturated rings. The Morgan fingerprint density at radius 2 is 1.85 bits per heavy atom. The van der Waals surface area contributed by atoms with Gasteiger partial charge in [0.15, 0.2) is 9.84 Å². The summed E-state index contributed by atoms with van der Waals surface area (Å²) >= 11 is 3.04. The number of sulfone groups is 1. The Bertz CT molecular complexity index is 765. The third-order valence-electron chi connectivity index (χ3n) is 2.45. The van der Waals surface area contributed by atoms with Crippen LogP contribution in [0.1, 0.15) is 5.56 Å². The molecule has 0 atom stereocenters. The Kier molecular flexibility index (Phi) is 4.14. The second-order valence-corrected chi connectivity index (χ2v) is 6.81. The fourth-order valence-electron chi connectivity index (χ4n) is 1.58. The van der Waals surface area contributed by atoms with Crippen molar-refractivity contribution in [1.29, 1.82) is 0 Å². The molecule has 0 saturated carbocycles. The van der Waals surface area contributed by atoms with E-state index in [0.717, 1.165) is 12.1 Å². The molecule has 0 aliphatic carbocycles. The molecule has 0 radical (unpaired) electrons. The molecule has 0 amide bonds. The second-order valence-electron chi connectivity index (χ2n) is 3.94. The van der Waals surface area contributed by atoms with Gasteiger partial charge in [0.25, 0.3) is 0 Å². The lowest BCUT2D eigenvalue weighted by Gasteiger charge is -2.07.